The summed E-state index contributed by atoms with van der Waals surface area (Å²) in [6.07, 6.45) is 3.81. The van der Waals surface area contributed by atoms with E-state index >= 15 is 0 Å². The average Bonchev–Trinajstić information content (AvgIpc) is 3.97. The lowest BCUT2D eigenvalue weighted by molar-refractivity contribution is 1.07. The lowest BCUT2D eigenvalue weighted by Gasteiger charge is -2.19. The molecule has 0 aliphatic heterocycles. The molecule has 8 heteroatoms. The van der Waals surface area contributed by atoms with Gasteiger partial charge in [0, 0.05) is 61.8 Å². The van der Waals surface area contributed by atoms with Crippen LogP contribution in [0, 0.1) is 22.7 Å². The van der Waals surface area contributed by atoms with Crippen LogP contribution < -0.4 is 0 Å². The molecule has 0 fully saturated rings. The van der Waals surface area contributed by atoms with Crippen molar-refractivity contribution < 1.29 is 0 Å². The zero-order valence-electron chi connectivity index (χ0n) is 38.5. The third-order valence-electron chi connectivity index (χ3n) is 13.6. The van der Waals surface area contributed by atoms with Crippen LogP contribution in [0.5, 0.6) is 0 Å². The molecule has 0 N–H and O–H groups in total. The molecule has 0 unspecified atom stereocenters. The molecule has 4 heterocycles. The minimum absolute atomic E-state index is 0.536. The van der Waals surface area contributed by atoms with Crippen LogP contribution in [0.25, 0.3) is 123 Å². The highest BCUT2D eigenvalue weighted by molar-refractivity contribution is 6.13. The van der Waals surface area contributed by atoms with Crippen molar-refractivity contribution in [1.29, 1.82) is 10.5 Å². The summed E-state index contributed by atoms with van der Waals surface area (Å²) >= 11 is 0. The van der Waals surface area contributed by atoms with E-state index in [0.717, 1.165) is 105 Å². The molecule has 9 aromatic carbocycles. The van der Waals surface area contributed by atoms with Crippen LogP contribution in [-0.2, 0) is 0 Å². The molecule has 13 aromatic rings. The van der Waals surface area contributed by atoms with Crippen LogP contribution in [0.2, 0.25) is 0 Å². The summed E-state index contributed by atoms with van der Waals surface area (Å²) in [4.78, 5) is 20.2. The average molecular weight is 919 g/mol. The molecular weight excluding hydrogens is 881 g/mol. The first-order valence-corrected chi connectivity index (χ1v) is 23.7. The lowest BCUT2D eigenvalue weighted by Crippen LogP contribution is -2.04. The molecule has 0 aliphatic rings. The van der Waals surface area contributed by atoms with E-state index in [9.17, 15) is 10.5 Å². The Morgan fingerprint density at radius 2 is 0.764 bits per heavy atom. The Balaban J connectivity index is 1.08. The van der Waals surface area contributed by atoms with E-state index in [1.54, 1.807) is 0 Å². The predicted molar refractivity (Wildman–Crippen MR) is 288 cm³/mol. The van der Waals surface area contributed by atoms with Gasteiger partial charge in [0.1, 0.15) is 0 Å². The van der Waals surface area contributed by atoms with Crippen molar-refractivity contribution in [1.82, 2.24) is 29.1 Å². The molecule has 0 aliphatic carbocycles. The van der Waals surface area contributed by atoms with E-state index < -0.39 is 0 Å². The molecule has 72 heavy (non-hydrogen) atoms. The molecule has 4 aromatic heterocycles. The first-order chi connectivity index (χ1) is 35.6. The van der Waals surface area contributed by atoms with Crippen LogP contribution >= 0.6 is 0 Å². The van der Waals surface area contributed by atoms with E-state index in [1.165, 1.54) is 0 Å². The molecule has 334 valence electrons. The predicted octanol–water partition coefficient (Wildman–Crippen LogP) is 15.2. The topological polar surface area (TPSA) is 109 Å². The number of aromatic nitrogens is 6. The first-order valence-electron chi connectivity index (χ1n) is 23.7. The van der Waals surface area contributed by atoms with Crippen molar-refractivity contribution in [3.63, 3.8) is 0 Å². The number of hydrogen-bond donors (Lipinski definition) is 0. The SMILES string of the molecule is N#Cc1ccccc1-c1ccc2c(c1)c1ccccc1n2-c1ccncc1-c1ccc(-c2nc(-c3ccccc3)nc(-c3ccccc3)n2)cc1-n1c2ccccc2c2cc(-c3ccccc3C#N)ccc21. The quantitative estimate of drug-likeness (QED) is 0.150. The minimum atomic E-state index is 0.536. The molecule has 0 radical (unpaired) electrons. The minimum Gasteiger partial charge on any atom is -0.309 e. The summed E-state index contributed by atoms with van der Waals surface area (Å²) in [6.45, 7) is 0. The number of pyridine rings is 1. The molecular formula is C64H38N8. The van der Waals surface area contributed by atoms with Gasteiger partial charge in [-0.15, -0.1) is 0 Å². The van der Waals surface area contributed by atoms with Crippen LogP contribution in [0.1, 0.15) is 11.1 Å². The lowest BCUT2D eigenvalue weighted by atomic mass is 9.98. The first kappa shape index (κ1) is 41.9. The van der Waals surface area contributed by atoms with Gasteiger partial charge >= 0.3 is 0 Å². The fourth-order valence-electron chi connectivity index (χ4n) is 10.3. The number of hydrogen-bond acceptors (Lipinski definition) is 6. The van der Waals surface area contributed by atoms with Crippen LogP contribution in [-0.4, -0.2) is 29.1 Å². The number of fused-ring (bicyclic) bond motifs is 6. The van der Waals surface area contributed by atoms with Gasteiger partial charge in [0.15, 0.2) is 17.5 Å². The van der Waals surface area contributed by atoms with Crippen LogP contribution in [0.15, 0.2) is 231 Å². The number of nitrogens with zero attached hydrogens (tertiary/aromatic N) is 8. The maximum Gasteiger partial charge on any atom is 0.164 e. The maximum absolute atomic E-state index is 10.1. The van der Waals surface area contributed by atoms with Crippen molar-refractivity contribution in [3.8, 4) is 91.1 Å². The molecule has 0 saturated heterocycles. The van der Waals surface area contributed by atoms with Gasteiger partial charge in [0.2, 0.25) is 0 Å². The Morgan fingerprint density at radius 1 is 0.319 bits per heavy atom. The molecule has 0 amide bonds. The second kappa shape index (κ2) is 17.4. The van der Waals surface area contributed by atoms with Crippen molar-refractivity contribution in [2.45, 2.75) is 0 Å². The van der Waals surface area contributed by atoms with Gasteiger partial charge in [0.25, 0.3) is 0 Å². The van der Waals surface area contributed by atoms with Gasteiger partial charge in [0.05, 0.1) is 56.7 Å². The van der Waals surface area contributed by atoms with Crippen LogP contribution in [0.3, 0.4) is 0 Å². The Hall–Kier alpha value is -10.3. The highest BCUT2D eigenvalue weighted by Gasteiger charge is 2.23. The summed E-state index contributed by atoms with van der Waals surface area (Å²) in [6, 6.07) is 78.8. The van der Waals surface area contributed by atoms with Gasteiger partial charge in [-0.25, -0.2) is 15.0 Å². The summed E-state index contributed by atoms with van der Waals surface area (Å²) in [5, 5.41) is 24.5. The number of benzene rings is 9. The monoisotopic (exact) mass is 918 g/mol. The standard InChI is InChI=1S/C64H38N8/c65-38-46-19-7-9-21-48(46)43-28-31-58-53(35-43)50-23-11-13-25-56(50)71(58)60-33-34-67-40-55(60)52-30-27-45(64-69-62(41-15-3-1-4-16-41)68-63(70-64)42-17-5-2-6-18-42)37-61(52)72-57-26-14-12-24-51(57)54-36-44(29-32-59(54)72)49-22-10-8-20-47(49)39-66/h1-37,40H. The largest absolute Gasteiger partial charge is 0.309 e. The molecule has 0 spiro atoms. The van der Waals surface area contributed by atoms with Crippen molar-refractivity contribution in [2.75, 3.05) is 0 Å². The summed E-state index contributed by atoms with van der Waals surface area (Å²) in [7, 11) is 0. The maximum atomic E-state index is 10.1. The molecule has 0 saturated carbocycles. The Labute approximate surface area is 414 Å². The van der Waals surface area contributed by atoms with Gasteiger partial charge in [-0.3, -0.25) is 4.98 Å². The van der Waals surface area contributed by atoms with E-state index in [-0.39, 0.29) is 0 Å². The van der Waals surface area contributed by atoms with E-state index in [0.29, 0.717) is 28.6 Å². The fourth-order valence-corrected chi connectivity index (χ4v) is 10.3. The zero-order chi connectivity index (χ0) is 48.1. The highest BCUT2D eigenvalue weighted by atomic mass is 15.0. The van der Waals surface area contributed by atoms with Crippen molar-refractivity contribution in [3.05, 3.63) is 242 Å². The number of para-hydroxylation sites is 2. The van der Waals surface area contributed by atoms with Gasteiger partial charge < -0.3 is 9.13 Å². The second-order valence-electron chi connectivity index (χ2n) is 17.6. The van der Waals surface area contributed by atoms with Crippen molar-refractivity contribution in [2.24, 2.45) is 0 Å². The molecule has 8 nitrogen and oxygen atoms in total. The highest BCUT2D eigenvalue weighted by Crippen LogP contribution is 2.43. The smallest absolute Gasteiger partial charge is 0.164 e. The third kappa shape index (κ3) is 6.98. The summed E-state index contributed by atoms with van der Waals surface area (Å²) in [5.74, 6) is 1.69. The summed E-state index contributed by atoms with van der Waals surface area (Å²) < 4.78 is 4.66. The molecule has 0 atom stereocenters. The zero-order valence-corrected chi connectivity index (χ0v) is 38.5. The van der Waals surface area contributed by atoms with Crippen LogP contribution in [0.4, 0.5) is 0 Å². The molecule has 0 bridgehead atoms. The second-order valence-corrected chi connectivity index (χ2v) is 17.6. The number of nitriles is 2. The third-order valence-corrected chi connectivity index (χ3v) is 13.6. The molecule has 13 rings (SSSR count). The van der Waals surface area contributed by atoms with E-state index in [4.69, 9.17) is 19.9 Å². The number of rotatable bonds is 8. The normalized spacial score (nSPS) is 11.3. The van der Waals surface area contributed by atoms with E-state index in [1.807, 2.05) is 122 Å². The fraction of sp³-hybridized carbons (Fsp3) is 0. The Kier molecular flexibility index (Phi) is 10.1. The van der Waals surface area contributed by atoms with Crippen molar-refractivity contribution >= 4 is 43.6 Å². The Bertz CT molecular complexity index is 4310. The Morgan fingerprint density at radius 3 is 1.31 bits per heavy atom. The van der Waals surface area contributed by atoms with Gasteiger partial charge in [-0.05, 0) is 82.9 Å². The van der Waals surface area contributed by atoms with E-state index in [2.05, 4.69) is 130 Å². The van der Waals surface area contributed by atoms with Gasteiger partial charge in [-0.2, -0.15) is 10.5 Å². The summed E-state index contributed by atoms with van der Waals surface area (Å²) in [5.41, 5.74) is 15.3. The van der Waals surface area contributed by atoms with Gasteiger partial charge in [-0.1, -0.05) is 158 Å².